The van der Waals surface area contributed by atoms with E-state index in [-0.39, 0.29) is 12.3 Å². The normalized spacial score (nSPS) is 12.2. The van der Waals surface area contributed by atoms with Gasteiger partial charge in [0.2, 0.25) is 0 Å². The van der Waals surface area contributed by atoms with Gasteiger partial charge in [0.25, 0.3) is 0 Å². The van der Waals surface area contributed by atoms with Crippen LogP contribution >= 0.6 is 22.7 Å². The zero-order chi connectivity index (χ0) is 28.2. The van der Waals surface area contributed by atoms with Crippen LogP contribution in [0.3, 0.4) is 0 Å². The molecule has 0 aliphatic heterocycles. The minimum absolute atomic E-state index is 0.247. The topological polar surface area (TPSA) is 94.7 Å². The number of anilines is 2. The van der Waals surface area contributed by atoms with E-state index in [1.807, 2.05) is 32.2 Å². The predicted molar refractivity (Wildman–Crippen MR) is 162 cm³/mol. The number of rotatable bonds is 11. The van der Waals surface area contributed by atoms with Crippen molar-refractivity contribution in [3.63, 3.8) is 0 Å². The molecule has 0 aliphatic rings. The van der Waals surface area contributed by atoms with E-state index in [2.05, 4.69) is 58.1 Å². The van der Waals surface area contributed by atoms with E-state index in [1.54, 1.807) is 29.2 Å². The number of nitrogens with zero attached hydrogens (tertiary/aromatic N) is 6. The van der Waals surface area contributed by atoms with Gasteiger partial charge in [0.1, 0.15) is 6.73 Å². The fourth-order valence-electron chi connectivity index (χ4n) is 3.64. The molecule has 0 N–H and O–H groups in total. The molecular weight excluding hydrogens is 549 g/mol. The van der Waals surface area contributed by atoms with Gasteiger partial charge in [-0.25, -0.2) is 9.78 Å². The number of carbonyl (C=O) groups excluding carboxylic acids is 1. The molecule has 3 heterocycles. The zero-order valence-corrected chi connectivity index (χ0v) is 25.9. The van der Waals surface area contributed by atoms with Gasteiger partial charge in [-0.1, -0.05) is 61.0 Å². The highest BCUT2D eigenvalue weighted by Crippen LogP contribution is 2.32. The Labute approximate surface area is 237 Å². The molecular formula is C27H34N6O3S2Si. The predicted octanol–water partition coefficient (Wildman–Crippen LogP) is 6.39. The van der Waals surface area contributed by atoms with E-state index in [0.717, 1.165) is 33.2 Å². The highest BCUT2D eigenvalue weighted by molar-refractivity contribution is 7.17. The summed E-state index contributed by atoms with van der Waals surface area (Å²) in [4.78, 5) is 24.9. The molecule has 3 aromatic heterocycles. The number of aromatic nitrogens is 4. The molecule has 9 nitrogen and oxygen atoms in total. The van der Waals surface area contributed by atoms with Crippen LogP contribution in [0.4, 0.5) is 16.8 Å². The molecule has 206 valence electrons. The van der Waals surface area contributed by atoms with Crippen molar-refractivity contribution in [2.75, 3.05) is 25.2 Å². The lowest BCUT2D eigenvalue weighted by molar-refractivity contribution is 0.0520. The van der Waals surface area contributed by atoms with Crippen LogP contribution in [-0.2, 0) is 16.2 Å². The Morgan fingerprint density at radius 3 is 2.69 bits per heavy atom. The maximum atomic E-state index is 12.3. The summed E-state index contributed by atoms with van der Waals surface area (Å²) in [6.45, 7) is 16.0. The molecule has 0 fully saturated rings. The van der Waals surface area contributed by atoms with Crippen LogP contribution < -0.4 is 9.70 Å². The quantitative estimate of drug-likeness (QED) is 0.115. The van der Waals surface area contributed by atoms with Gasteiger partial charge in [0.15, 0.2) is 27.3 Å². The summed E-state index contributed by atoms with van der Waals surface area (Å²) in [6.07, 6.45) is 1.61. The monoisotopic (exact) mass is 582 g/mol. The molecule has 0 amide bonds. The summed E-state index contributed by atoms with van der Waals surface area (Å²) in [5.74, 6) is 0.651. The molecule has 12 heteroatoms. The average molecular weight is 583 g/mol. The smallest absolute Gasteiger partial charge is 0.358 e. The first-order valence-corrected chi connectivity index (χ1v) is 18.0. The lowest BCUT2D eigenvalue weighted by Gasteiger charge is -2.16. The van der Waals surface area contributed by atoms with Crippen molar-refractivity contribution in [3.8, 4) is 0 Å². The average Bonchev–Trinajstić information content (AvgIpc) is 3.48. The van der Waals surface area contributed by atoms with Gasteiger partial charge in [0.05, 0.1) is 21.7 Å². The fraction of sp³-hybridized carbons (Fsp3) is 0.370. The Kier molecular flexibility index (Phi) is 9.11. The Bertz CT molecular complexity index is 1550. The van der Waals surface area contributed by atoms with E-state index in [9.17, 15) is 4.79 Å². The van der Waals surface area contributed by atoms with Crippen LogP contribution in [0, 0.1) is 6.92 Å². The number of hydrogen-bond donors (Lipinski definition) is 0. The summed E-state index contributed by atoms with van der Waals surface area (Å²) in [5, 5.41) is 9.45. The van der Waals surface area contributed by atoms with Gasteiger partial charge in [-0.05, 0) is 49.7 Å². The van der Waals surface area contributed by atoms with E-state index in [0.29, 0.717) is 28.4 Å². The number of esters is 1. The van der Waals surface area contributed by atoms with Crippen molar-refractivity contribution in [1.29, 1.82) is 0 Å². The first kappa shape index (κ1) is 28.8. The maximum Gasteiger partial charge on any atom is 0.358 e. The number of hydrogen-bond acceptors (Lipinski definition) is 10. The summed E-state index contributed by atoms with van der Waals surface area (Å²) in [5.41, 5.74) is 2.19. The second-order valence-corrected chi connectivity index (χ2v) is 17.8. The molecule has 0 radical (unpaired) electrons. The number of ether oxygens (including phenoxy) is 2. The van der Waals surface area contributed by atoms with Crippen molar-refractivity contribution in [3.05, 3.63) is 57.8 Å². The van der Waals surface area contributed by atoms with Gasteiger partial charge in [-0.3, -0.25) is 4.57 Å². The number of benzene rings is 1. The van der Waals surface area contributed by atoms with Crippen molar-refractivity contribution in [2.45, 2.75) is 46.3 Å². The SMILES string of the molecule is C=Cc1sc(N(C)c2cc(C)c(/N=c3\sc4ccccc4n3COCC[Si](C)(C)C)nn2)nc1C(=O)OCC. The minimum atomic E-state index is -1.18. The van der Waals surface area contributed by atoms with Crippen LogP contribution in [0.15, 0.2) is 41.9 Å². The van der Waals surface area contributed by atoms with Crippen molar-refractivity contribution >= 4 is 69.8 Å². The number of carbonyl (C=O) groups is 1. The van der Waals surface area contributed by atoms with Crippen molar-refractivity contribution in [1.82, 2.24) is 19.7 Å². The largest absolute Gasteiger partial charge is 0.461 e. The Morgan fingerprint density at radius 1 is 1.23 bits per heavy atom. The summed E-state index contributed by atoms with van der Waals surface area (Å²) >= 11 is 2.93. The third-order valence-electron chi connectivity index (χ3n) is 5.88. The second kappa shape index (κ2) is 12.3. The number of thiazole rings is 2. The first-order valence-electron chi connectivity index (χ1n) is 12.7. The molecule has 39 heavy (non-hydrogen) atoms. The molecule has 0 saturated heterocycles. The molecule has 0 spiro atoms. The fourth-order valence-corrected chi connectivity index (χ4v) is 6.29. The Morgan fingerprint density at radius 2 is 2.00 bits per heavy atom. The minimum Gasteiger partial charge on any atom is -0.461 e. The van der Waals surface area contributed by atoms with Crippen LogP contribution in [0.1, 0.15) is 27.9 Å². The van der Waals surface area contributed by atoms with Crippen LogP contribution in [0.5, 0.6) is 0 Å². The van der Waals surface area contributed by atoms with Gasteiger partial charge < -0.3 is 14.4 Å². The number of aryl methyl sites for hydroxylation is 1. The van der Waals surface area contributed by atoms with Gasteiger partial charge in [-0.2, -0.15) is 4.99 Å². The van der Waals surface area contributed by atoms with Crippen LogP contribution in [0.25, 0.3) is 16.3 Å². The Hall–Kier alpha value is -3.19. The molecule has 4 aromatic rings. The third-order valence-corrected chi connectivity index (χ3v) is 9.77. The van der Waals surface area contributed by atoms with Crippen molar-refractivity contribution < 1.29 is 14.3 Å². The van der Waals surface area contributed by atoms with E-state index >= 15 is 0 Å². The molecule has 0 unspecified atom stereocenters. The van der Waals surface area contributed by atoms with E-state index < -0.39 is 14.0 Å². The Balaban J connectivity index is 1.62. The third kappa shape index (κ3) is 6.88. The maximum absolute atomic E-state index is 12.3. The van der Waals surface area contributed by atoms with Crippen LogP contribution in [-0.4, -0.2) is 54.1 Å². The molecule has 0 aliphatic carbocycles. The van der Waals surface area contributed by atoms with Gasteiger partial charge >= 0.3 is 5.97 Å². The standard InChI is InChI=1S/C27H34N6O3S2Si/c1-8-20-23(25(34)36-9-2)28-26(37-20)32(4)22-16-18(3)24(31-30-22)29-27-33(17-35-14-15-39(5,6)7)19-12-10-11-13-21(19)38-27/h8,10-13,16H,1,9,14-15,17H2,2-7H3/b29-27-. The molecule has 1 aromatic carbocycles. The molecule has 4 rings (SSSR count). The van der Waals surface area contributed by atoms with Crippen molar-refractivity contribution in [2.24, 2.45) is 4.99 Å². The summed E-state index contributed by atoms with van der Waals surface area (Å²) in [6, 6.07) is 11.2. The molecule has 0 saturated carbocycles. The molecule has 0 atom stereocenters. The molecule has 0 bridgehead atoms. The second-order valence-electron chi connectivity index (χ2n) is 10.1. The number of fused-ring (bicyclic) bond motifs is 1. The first-order chi connectivity index (χ1) is 18.6. The highest BCUT2D eigenvalue weighted by atomic mass is 32.1. The number of para-hydroxylation sites is 1. The summed E-state index contributed by atoms with van der Waals surface area (Å²) < 4.78 is 14.4. The zero-order valence-electron chi connectivity index (χ0n) is 23.2. The lowest BCUT2D eigenvalue weighted by atomic mass is 10.3. The highest BCUT2D eigenvalue weighted by Gasteiger charge is 2.21. The van der Waals surface area contributed by atoms with E-state index in [1.165, 1.54) is 11.3 Å². The van der Waals surface area contributed by atoms with Gasteiger partial charge in [0, 0.05) is 21.7 Å². The summed E-state index contributed by atoms with van der Waals surface area (Å²) in [7, 11) is 0.655. The van der Waals surface area contributed by atoms with Gasteiger partial charge in [-0.15, -0.1) is 10.2 Å². The van der Waals surface area contributed by atoms with Crippen LogP contribution in [0.2, 0.25) is 25.7 Å². The lowest BCUT2D eigenvalue weighted by Crippen LogP contribution is -2.23. The van der Waals surface area contributed by atoms with E-state index in [4.69, 9.17) is 14.5 Å².